The topological polar surface area (TPSA) is 87.7 Å². The third-order valence-electron chi connectivity index (χ3n) is 2.57. The number of carbonyl (C=O) groups excluding carboxylic acids is 1. The summed E-state index contributed by atoms with van der Waals surface area (Å²) in [6, 6.07) is 1.39. The summed E-state index contributed by atoms with van der Waals surface area (Å²) < 4.78 is 0. The number of aromatic amines is 1. The number of nitrogens with zero attached hydrogens (tertiary/aromatic N) is 2. The summed E-state index contributed by atoms with van der Waals surface area (Å²) in [5, 5.41) is 2.63. The Morgan fingerprint density at radius 2 is 2.11 bits per heavy atom. The predicted molar refractivity (Wildman–Crippen MR) is 69.7 cm³/mol. The summed E-state index contributed by atoms with van der Waals surface area (Å²) in [4.78, 5) is 34.5. The number of pyridine rings is 1. The number of hydrogen-bond donors (Lipinski definition) is 2. The number of hydrogen-bond acceptors (Lipinski definition) is 4. The Morgan fingerprint density at radius 1 is 1.32 bits per heavy atom. The fourth-order valence-electron chi connectivity index (χ4n) is 1.53. The van der Waals surface area contributed by atoms with E-state index in [1.54, 1.807) is 19.3 Å². The lowest BCUT2D eigenvalue weighted by Crippen LogP contribution is -2.28. The van der Waals surface area contributed by atoms with E-state index in [1.165, 1.54) is 12.3 Å². The molecule has 19 heavy (non-hydrogen) atoms. The van der Waals surface area contributed by atoms with E-state index in [1.807, 2.05) is 6.92 Å². The zero-order chi connectivity index (χ0) is 13.8. The molecule has 0 saturated heterocycles. The number of H-pyrrole nitrogens is 1. The second kappa shape index (κ2) is 5.43. The van der Waals surface area contributed by atoms with Crippen molar-refractivity contribution in [2.45, 2.75) is 20.4 Å². The highest BCUT2D eigenvalue weighted by Gasteiger charge is 2.10. The van der Waals surface area contributed by atoms with Crippen LogP contribution in [0.1, 0.15) is 27.4 Å². The van der Waals surface area contributed by atoms with Gasteiger partial charge in [0.1, 0.15) is 5.56 Å². The first-order chi connectivity index (χ1) is 9.06. The molecular formula is C13H14N4O2. The molecule has 6 heteroatoms. The van der Waals surface area contributed by atoms with Crippen LogP contribution in [0.2, 0.25) is 0 Å². The Balaban J connectivity index is 2.05. The highest BCUT2D eigenvalue weighted by atomic mass is 16.2. The molecule has 0 aliphatic rings. The fraction of sp³-hybridized carbons (Fsp3) is 0.231. The molecule has 2 aromatic rings. The SMILES string of the molecule is Cc1cnc(CNC(=O)c2c[nH]c(C)cc2=O)cn1. The van der Waals surface area contributed by atoms with Crippen molar-refractivity contribution < 1.29 is 4.79 Å². The van der Waals surface area contributed by atoms with Gasteiger partial charge in [0.2, 0.25) is 0 Å². The Hall–Kier alpha value is -2.50. The summed E-state index contributed by atoms with van der Waals surface area (Å²) in [6.07, 6.45) is 4.63. The molecule has 2 rings (SSSR count). The average Bonchev–Trinajstić information content (AvgIpc) is 2.37. The highest BCUT2D eigenvalue weighted by molar-refractivity contribution is 5.93. The van der Waals surface area contributed by atoms with Gasteiger partial charge in [-0.25, -0.2) is 0 Å². The highest BCUT2D eigenvalue weighted by Crippen LogP contribution is 1.96. The van der Waals surface area contributed by atoms with Gasteiger partial charge < -0.3 is 10.3 Å². The lowest BCUT2D eigenvalue weighted by molar-refractivity contribution is 0.0949. The third-order valence-corrected chi connectivity index (χ3v) is 2.57. The maximum atomic E-state index is 11.8. The molecule has 0 atom stereocenters. The minimum Gasteiger partial charge on any atom is -0.364 e. The Kier molecular flexibility index (Phi) is 3.70. The smallest absolute Gasteiger partial charge is 0.257 e. The Morgan fingerprint density at radius 3 is 2.74 bits per heavy atom. The van der Waals surface area contributed by atoms with Crippen molar-refractivity contribution in [2.24, 2.45) is 0 Å². The third kappa shape index (κ3) is 3.25. The molecule has 2 heterocycles. The maximum absolute atomic E-state index is 11.8. The molecule has 6 nitrogen and oxygen atoms in total. The minimum atomic E-state index is -0.427. The number of aromatic nitrogens is 3. The summed E-state index contributed by atoms with van der Waals surface area (Å²) in [6.45, 7) is 3.83. The van der Waals surface area contributed by atoms with Gasteiger partial charge in [-0.3, -0.25) is 19.6 Å². The van der Waals surface area contributed by atoms with Gasteiger partial charge in [-0.1, -0.05) is 0 Å². The number of nitrogens with one attached hydrogen (secondary N) is 2. The molecule has 0 spiro atoms. The Labute approximate surface area is 109 Å². The molecule has 2 aromatic heterocycles. The average molecular weight is 258 g/mol. The number of amides is 1. The van der Waals surface area contributed by atoms with E-state index in [0.717, 1.165) is 5.69 Å². The molecule has 0 fully saturated rings. The van der Waals surface area contributed by atoms with E-state index in [-0.39, 0.29) is 17.5 Å². The van der Waals surface area contributed by atoms with E-state index >= 15 is 0 Å². The van der Waals surface area contributed by atoms with Crippen molar-refractivity contribution in [1.29, 1.82) is 0 Å². The molecule has 0 unspecified atom stereocenters. The molecular weight excluding hydrogens is 244 g/mol. The first-order valence-corrected chi connectivity index (χ1v) is 5.81. The van der Waals surface area contributed by atoms with Gasteiger partial charge >= 0.3 is 0 Å². The predicted octanol–water partition coefficient (Wildman–Crippen LogP) is 0.712. The summed E-state index contributed by atoms with van der Waals surface area (Å²) in [7, 11) is 0. The van der Waals surface area contributed by atoms with Crippen LogP contribution in [0.3, 0.4) is 0 Å². The van der Waals surface area contributed by atoms with Crippen LogP contribution in [0.15, 0.2) is 29.5 Å². The maximum Gasteiger partial charge on any atom is 0.257 e. The number of rotatable bonds is 3. The molecule has 0 bridgehead atoms. The van der Waals surface area contributed by atoms with Crippen molar-refractivity contribution in [3.05, 3.63) is 57.5 Å². The van der Waals surface area contributed by atoms with Crippen LogP contribution < -0.4 is 10.7 Å². The molecule has 0 aliphatic carbocycles. The van der Waals surface area contributed by atoms with E-state index in [0.29, 0.717) is 11.4 Å². The summed E-state index contributed by atoms with van der Waals surface area (Å²) in [5.41, 5.74) is 1.95. The molecule has 0 saturated carbocycles. The second-order valence-corrected chi connectivity index (χ2v) is 4.23. The van der Waals surface area contributed by atoms with Gasteiger partial charge in [0.25, 0.3) is 5.91 Å². The molecule has 2 N–H and O–H groups in total. The first kappa shape index (κ1) is 12.9. The lowest BCUT2D eigenvalue weighted by atomic mass is 10.2. The van der Waals surface area contributed by atoms with Crippen molar-refractivity contribution in [1.82, 2.24) is 20.3 Å². The normalized spacial score (nSPS) is 10.2. The summed E-state index contributed by atoms with van der Waals surface area (Å²) >= 11 is 0. The zero-order valence-electron chi connectivity index (χ0n) is 10.7. The molecule has 0 aliphatic heterocycles. The zero-order valence-corrected chi connectivity index (χ0v) is 10.7. The van der Waals surface area contributed by atoms with Gasteiger partial charge in [-0.15, -0.1) is 0 Å². The van der Waals surface area contributed by atoms with Crippen molar-refractivity contribution in [3.8, 4) is 0 Å². The van der Waals surface area contributed by atoms with Crippen LogP contribution in [0.25, 0.3) is 0 Å². The first-order valence-electron chi connectivity index (χ1n) is 5.81. The molecule has 1 amide bonds. The number of aryl methyl sites for hydroxylation is 2. The van der Waals surface area contributed by atoms with Crippen molar-refractivity contribution in [3.63, 3.8) is 0 Å². The minimum absolute atomic E-state index is 0.0886. The van der Waals surface area contributed by atoms with Crippen LogP contribution in [0, 0.1) is 13.8 Å². The quantitative estimate of drug-likeness (QED) is 0.848. The monoisotopic (exact) mass is 258 g/mol. The van der Waals surface area contributed by atoms with E-state index in [4.69, 9.17) is 0 Å². The van der Waals surface area contributed by atoms with Crippen LogP contribution in [-0.2, 0) is 6.54 Å². The standard InChI is InChI=1S/C13H14N4O2/c1-8-3-12(18)11(7-15-8)13(19)17-6-10-5-14-9(2)4-16-10/h3-5,7H,6H2,1-2H3,(H,15,18)(H,17,19). The second-order valence-electron chi connectivity index (χ2n) is 4.23. The summed E-state index contributed by atoms with van der Waals surface area (Å²) in [5.74, 6) is -0.427. The van der Waals surface area contributed by atoms with Gasteiger partial charge in [-0.05, 0) is 13.8 Å². The van der Waals surface area contributed by atoms with Gasteiger partial charge in [0.15, 0.2) is 5.43 Å². The molecule has 0 radical (unpaired) electrons. The fourth-order valence-corrected chi connectivity index (χ4v) is 1.53. The molecule has 0 aromatic carbocycles. The van der Waals surface area contributed by atoms with E-state index in [2.05, 4.69) is 20.3 Å². The van der Waals surface area contributed by atoms with Crippen LogP contribution in [0.4, 0.5) is 0 Å². The van der Waals surface area contributed by atoms with E-state index in [9.17, 15) is 9.59 Å². The molecule has 98 valence electrons. The Bertz CT molecular complexity index is 646. The van der Waals surface area contributed by atoms with Gasteiger partial charge in [0.05, 0.1) is 24.1 Å². The van der Waals surface area contributed by atoms with Crippen LogP contribution in [-0.4, -0.2) is 20.9 Å². The van der Waals surface area contributed by atoms with Gasteiger partial charge in [-0.2, -0.15) is 0 Å². The number of carbonyl (C=O) groups is 1. The largest absolute Gasteiger partial charge is 0.364 e. The lowest BCUT2D eigenvalue weighted by Gasteiger charge is -2.04. The van der Waals surface area contributed by atoms with Crippen molar-refractivity contribution in [2.75, 3.05) is 0 Å². The van der Waals surface area contributed by atoms with E-state index < -0.39 is 5.91 Å². The van der Waals surface area contributed by atoms with Crippen molar-refractivity contribution >= 4 is 5.91 Å². The van der Waals surface area contributed by atoms with Crippen LogP contribution in [0.5, 0.6) is 0 Å². The van der Waals surface area contributed by atoms with Gasteiger partial charge in [0, 0.05) is 24.2 Å². The van der Waals surface area contributed by atoms with Crippen LogP contribution >= 0.6 is 0 Å².